The zero-order valence-corrected chi connectivity index (χ0v) is 9.17. The van der Waals surface area contributed by atoms with Gasteiger partial charge in [0.1, 0.15) is 10.8 Å². The molecule has 2 aromatic rings. The van der Waals surface area contributed by atoms with Crippen LogP contribution in [0.5, 0.6) is 0 Å². The molecule has 0 aliphatic rings. The van der Waals surface area contributed by atoms with E-state index in [0.717, 1.165) is 18.6 Å². The number of rotatable bonds is 2. The summed E-state index contributed by atoms with van der Waals surface area (Å²) in [6.07, 6.45) is 3.18. The molecule has 2 nitrogen and oxygen atoms in total. The number of aromatic nitrogens is 2. The summed E-state index contributed by atoms with van der Waals surface area (Å²) in [4.78, 5) is 4.34. The average molecular weight is 209 g/mol. The molecule has 74 valence electrons. The first kappa shape index (κ1) is 9.53. The summed E-state index contributed by atoms with van der Waals surface area (Å²) in [5.41, 5.74) is 2.19. The Kier molecular flexibility index (Phi) is 2.46. The van der Waals surface area contributed by atoms with E-state index in [9.17, 15) is 0 Å². The van der Waals surface area contributed by atoms with Crippen molar-refractivity contribution in [3.8, 4) is 0 Å². The van der Waals surface area contributed by atoms with E-state index in [1.165, 1.54) is 10.9 Å². The number of halogens is 1. The van der Waals surface area contributed by atoms with E-state index < -0.39 is 0 Å². The molecule has 14 heavy (non-hydrogen) atoms. The standard InChI is InChI=1S/C11H13ClN2/c1-3-5-14-6-4-9-8(2)7-10(12)13-11(9)14/h4,6-7H,3,5H2,1-2H3. The highest BCUT2D eigenvalue weighted by atomic mass is 35.5. The maximum Gasteiger partial charge on any atom is 0.141 e. The Hall–Kier alpha value is -1.02. The molecule has 2 heterocycles. The molecular formula is C11H13ClN2. The summed E-state index contributed by atoms with van der Waals surface area (Å²) in [5, 5.41) is 1.77. The molecule has 0 saturated heterocycles. The molecule has 0 radical (unpaired) electrons. The molecule has 3 heteroatoms. The van der Waals surface area contributed by atoms with Gasteiger partial charge in [-0.1, -0.05) is 18.5 Å². The Balaban J connectivity index is 2.66. The smallest absolute Gasteiger partial charge is 0.141 e. The van der Waals surface area contributed by atoms with Gasteiger partial charge in [-0.15, -0.1) is 0 Å². The fraction of sp³-hybridized carbons (Fsp3) is 0.364. The minimum atomic E-state index is 0.575. The normalized spacial score (nSPS) is 11.1. The molecule has 0 aliphatic carbocycles. The number of aryl methyl sites for hydroxylation is 2. The van der Waals surface area contributed by atoms with Crippen LogP contribution in [0.1, 0.15) is 18.9 Å². The van der Waals surface area contributed by atoms with E-state index >= 15 is 0 Å². The molecule has 0 bridgehead atoms. The molecule has 0 aliphatic heterocycles. The third-order valence-corrected chi connectivity index (χ3v) is 2.57. The van der Waals surface area contributed by atoms with Gasteiger partial charge in [0.05, 0.1) is 0 Å². The average Bonchev–Trinajstić information content (AvgIpc) is 2.49. The summed E-state index contributed by atoms with van der Waals surface area (Å²) >= 11 is 5.93. The first-order chi connectivity index (χ1) is 6.72. The third kappa shape index (κ3) is 1.50. The Bertz CT molecular complexity index is 460. The minimum Gasteiger partial charge on any atom is -0.332 e. The molecule has 0 fully saturated rings. The predicted molar refractivity (Wildman–Crippen MR) is 59.8 cm³/mol. The van der Waals surface area contributed by atoms with Crippen LogP contribution in [-0.2, 0) is 6.54 Å². The lowest BCUT2D eigenvalue weighted by molar-refractivity contribution is 0.697. The van der Waals surface area contributed by atoms with E-state index in [4.69, 9.17) is 11.6 Å². The zero-order valence-electron chi connectivity index (χ0n) is 8.42. The van der Waals surface area contributed by atoms with Crippen LogP contribution in [0.2, 0.25) is 5.15 Å². The Morgan fingerprint density at radius 1 is 1.50 bits per heavy atom. The van der Waals surface area contributed by atoms with E-state index in [-0.39, 0.29) is 0 Å². The lowest BCUT2D eigenvalue weighted by Gasteiger charge is -2.03. The SMILES string of the molecule is CCCn1ccc2c(C)cc(Cl)nc21. The summed E-state index contributed by atoms with van der Waals surface area (Å²) in [6, 6.07) is 4.00. The van der Waals surface area contributed by atoms with Crippen LogP contribution < -0.4 is 0 Å². The van der Waals surface area contributed by atoms with E-state index in [0.29, 0.717) is 5.15 Å². The predicted octanol–water partition coefficient (Wildman–Crippen LogP) is 3.41. The van der Waals surface area contributed by atoms with Gasteiger partial charge in [0.15, 0.2) is 0 Å². The van der Waals surface area contributed by atoms with E-state index in [2.05, 4.69) is 35.7 Å². The van der Waals surface area contributed by atoms with Gasteiger partial charge in [-0.05, 0) is 31.0 Å². The first-order valence-electron chi connectivity index (χ1n) is 4.84. The lowest BCUT2D eigenvalue weighted by atomic mass is 10.2. The molecule has 0 saturated carbocycles. The highest BCUT2D eigenvalue weighted by Gasteiger charge is 2.05. The van der Waals surface area contributed by atoms with Gasteiger partial charge in [-0.2, -0.15) is 0 Å². The second kappa shape index (κ2) is 3.62. The number of nitrogens with zero attached hydrogens (tertiary/aromatic N) is 2. The monoisotopic (exact) mass is 208 g/mol. The van der Waals surface area contributed by atoms with Crippen molar-refractivity contribution in [1.29, 1.82) is 0 Å². The summed E-state index contributed by atoms with van der Waals surface area (Å²) in [7, 11) is 0. The van der Waals surface area contributed by atoms with Crippen molar-refractivity contribution in [2.75, 3.05) is 0 Å². The van der Waals surface area contributed by atoms with Gasteiger partial charge in [0.2, 0.25) is 0 Å². The molecule has 0 unspecified atom stereocenters. The summed E-state index contributed by atoms with van der Waals surface area (Å²) in [6.45, 7) is 5.21. The van der Waals surface area contributed by atoms with Crippen molar-refractivity contribution in [3.63, 3.8) is 0 Å². The largest absolute Gasteiger partial charge is 0.332 e. The third-order valence-electron chi connectivity index (χ3n) is 2.37. The van der Waals surface area contributed by atoms with Gasteiger partial charge in [0.25, 0.3) is 0 Å². The molecule has 2 aromatic heterocycles. The first-order valence-corrected chi connectivity index (χ1v) is 5.22. The summed E-state index contributed by atoms with van der Waals surface area (Å²) < 4.78 is 2.15. The van der Waals surface area contributed by atoms with Crippen LogP contribution in [0.4, 0.5) is 0 Å². The Labute approximate surface area is 88.5 Å². The number of fused-ring (bicyclic) bond motifs is 1. The molecule has 0 spiro atoms. The Morgan fingerprint density at radius 2 is 2.29 bits per heavy atom. The van der Waals surface area contributed by atoms with Gasteiger partial charge < -0.3 is 4.57 Å². The van der Waals surface area contributed by atoms with Crippen molar-refractivity contribution < 1.29 is 0 Å². The number of hydrogen-bond donors (Lipinski definition) is 0. The van der Waals surface area contributed by atoms with Crippen LogP contribution in [0, 0.1) is 6.92 Å². The summed E-state index contributed by atoms with van der Waals surface area (Å²) in [5.74, 6) is 0. The van der Waals surface area contributed by atoms with Crippen molar-refractivity contribution in [1.82, 2.24) is 9.55 Å². The zero-order chi connectivity index (χ0) is 10.1. The van der Waals surface area contributed by atoms with Gasteiger partial charge in [-0.3, -0.25) is 0 Å². The molecule has 0 amide bonds. The number of pyridine rings is 1. The van der Waals surface area contributed by atoms with Crippen LogP contribution in [0.3, 0.4) is 0 Å². The van der Waals surface area contributed by atoms with Crippen LogP contribution >= 0.6 is 11.6 Å². The second-order valence-electron chi connectivity index (χ2n) is 3.51. The fourth-order valence-electron chi connectivity index (χ4n) is 1.71. The second-order valence-corrected chi connectivity index (χ2v) is 3.90. The van der Waals surface area contributed by atoms with E-state index in [1.54, 1.807) is 0 Å². The number of hydrogen-bond acceptors (Lipinski definition) is 1. The molecular weight excluding hydrogens is 196 g/mol. The van der Waals surface area contributed by atoms with Crippen LogP contribution in [0.25, 0.3) is 11.0 Å². The van der Waals surface area contributed by atoms with Crippen LogP contribution in [-0.4, -0.2) is 9.55 Å². The quantitative estimate of drug-likeness (QED) is 0.692. The maximum atomic E-state index is 5.93. The van der Waals surface area contributed by atoms with Crippen molar-refractivity contribution in [3.05, 3.63) is 29.0 Å². The van der Waals surface area contributed by atoms with Gasteiger partial charge in [-0.25, -0.2) is 4.98 Å². The maximum absolute atomic E-state index is 5.93. The highest BCUT2D eigenvalue weighted by Crippen LogP contribution is 2.21. The molecule has 0 aromatic carbocycles. The molecule has 0 N–H and O–H groups in total. The lowest BCUT2D eigenvalue weighted by Crippen LogP contribution is -1.96. The molecule has 2 rings (SSSR count). The fourth-order valence-corrected chi connectivity index (χ4v) is 1.95. The topological polar surface area (TPSA) is 17.8 Å². The molecule has 0 atom stereocenters. The van der Waals surface area contributed by atoms with Gasteiger partial charge >= 0.3 is 0 Å². The van der Waals surface area contributed by atoms with Gasteiger partial charge in [0, 0.05) is 18.1 Å². The Morgan fingerprint density at radius 3 is 3.00 bits per heavy atom. The van der Waals surface area contributed by atoms with Crippen LogP contribution in [0.15, 0.2) is 18.3 Å². The minimum absolute atomic E-state index is 0.575. The van der Waals surface area contributed by atoms with Crippen molar-refractivity contribution in [2.24, 2.45) is 0 Å². The van der Waals surface area contributed by atoms with E-state index in [1.807, 2.05) is 6.07 Å². The highest BCUT2D eigenvalue weighted by molar-refractivity contribution is 6.29. The van der Waals surface area contributed by atoms with Crippen molar-refractivity contribution >= 4 is 22.6 Å². The van der Waals surface area contributed by atoms with Crippen molar-refractivity contribution in [2.45, 2.75) is 26.8 Å².